The van der Waals surface area contributed by atoms with Crippen LogP contribution in [0.15, 0.2) is 35.7 Å². The second-order valence-electron chi connectivity index (χ2n) is 6.52. The van der Waals surface area contributed by atoms with E-state index in [2.05, 4.69) is 5.32 Å². The molecule has 1 aromatic rings. The predicted molar refractivity (Wildman–Crippen MR) is 114 cm³/mol. The van der Waals surface area contributed by atoms with Crippen molar-refractivity contribution in [2.75, 3.05) is 12.4 Å². The van der Waals surface area contributed by atoms with Gasteiger partial charge >= 0.3 is 12.1 Å². The number of aliphatic hydroxyl groups excluding tert-OH is 1. The first-order valence-corrected chi connectivity index (χ1v) is 10.9. The summed E-state index contributed by atoms with van der Waals surface area (Å²) in [7, 11) is 0. The van der Waals surface area contributed by atoms with Gasteiger partial charge in [-0.2, -0.15) is 0 Å². The number of fused-ring (bicyclic) bond motifs is 1. The third-order valence-corrected chi connectivity index (χ3v) is 5.89. The summed E-state index contributed by atoms with van der Waals surface area (Å²) < 4.78 is 8.05. The van der Waals surface area contributed by atoms with Crippen LogP contribution >= 0.6 is 46.6 Å². The van der Waals surface area contributed by atoms with Crippen LogP contribution in [0.4, 0.5) is 10.5 Å². The minimum atomic E-state index is -1.82. The molecule has 2 aliphatic rings. The van der Waals surface area contributed by atoms with Gasteiger partial charge in [-0.15, -0.1) is 11.8 Å². The van der Waals surface area contributed by atoms with E-state index in [1.165, 1.54) is 24.3 Å². The number of esters is 1. The van der Waals surface area contributed by atoms with Gasteiger partial charge < -0.3 is 19.9 Å². The molecule has 2 aliphatic heterocycles. The molecule has 32 heavy (non-hydrogen) atoms. The summed E-state index contributed by atoms with van der Waals surface area (Å²) in [6.07, 6.45) is -0.990. The topological polar surface area (TPSA) is 148 Å². The van der Waals surface area contributed by atoms with Gasteiger partial charge in [0.05, 0.1) is 10.7 Å². The number of nitrogens with one attached hydrogen (secondary N) is 1. The lowest BCUT2D eigenvalue weighted by Crippen LogP contribution is -2.70. The number of carbonyl (C=O) groups excluding carboxylic acids is 3. The molecule has 2 heterocycles. The summed E-state index contributed by atoms with van der Waals surface area (Å²) in [5, 5.41) is 22.5. The number of alkyl carbamates (subject to hydrolysis) is 1. The molecule has 0 saturated carbocycles. The Kier molecular flexibility index (Phi) is 7.28. The molecule has 2 atom stereocenters. The van der Waals surface area contributed by atoms with Crippen molar-refractivity contribution in [2.24, 2.45) is 0 Å². The zero-order chi connectivity index (χ0) is 23.6. The fraction of sp³-hybridized carbons (Fsp3) is 0.353. The monoisotopic (exact) mass is 525 g/mol. The van der Waals surface area contributed by atoms with Gasteiger partial charge in [-0.25, -0.2) is 9.59 Å². The highest BCUT2D eigenvalue weighted by molar-refractivity contribution is 8.00. The highest BCUT2D eigenvalue weighted by Gasteiger charge is 2.55. The molecule has 172 valence electrons. The molecular formula is C17H14Cl3N3O8S. The Morgan fingerprint density at radius 3 is 2.53 bits per heavy atom. The number of alkyl halides is 3. The molecule has 1 unspecified atom stereocenters. The van der Waals surface area contributed by atoms with Gasteiger partial charge in [-0.3, -0.25) is 19.8 Å². The zero-order valence-electron chi connectivity index (χ0n) is 15.8. The van der Waals surface area contributed by atoms with E-state index in [1.54, 1.807) is 0 Å². The number of nitro groups is 1. The maximum absolute atomic E-state index is 12.5. The van der Waals surface area contributed by atoms with Crippen LogP contribution in [0.2, 0.25) is 0 Å². The van der Waals surface area contributed by atoms with E-state index in [0.717, 1.165) is 16.7 Å². The van der Waals surface area contributed by atoms with E-state index in [-0.39, 0.29) is 29.5 Å². The number of nitrogens with zero attached hydrogens (tertiary/aromatic N) is 2. The van der Waals surface area contributed by atoms with Crippen molar-refractivity contribution in [1.29, 1.82) is 0 Å². The number of nitro benzene ring substituents is 1. The molecule has 15 heteroatoms. The Labute approximate surface area is 199 Å². The van der Waals surface area contributed by atoms with Gasteiger partial charge in [-0.05, 0) is 17.7 Å². The van der Waals surface area contributed by atoms with E-state index in [9.17, 15) is 29.6 Å². The molecule has 0 aliphatic carbocycles. The second-order valence-corrected chi connectivity index (χ2v) is 10.1. The number of hydrogen-bond acceptors (Lipinski definition) is 9. The molecule has 1 saturated heterocycles. The fourth-order valence-electron chi connectivity index (χ4n) is 2.84. The van der Waals surface area contributed by atoms with Crippen LogP contribution < -0.4 is 5.32 Å². The molecule has 0 bridgehead atoms. The third kappa shape index (κ3) is 5.49. The quantitative estimate of drug-likeness (QED) is 0.188. The Morgan fingerprint density at radius 1 is 1.28 bits per heavy atom. The van der Waals surface area contributed by atoms with E-state index in [1.807, 2.05) is 0 Å². The van der Waals surface area contributed by atoms with Crippen LogP contribution in [0.3, 0.4) is 0 Å². The lowest BCUT2D eigenvalue weighted by atomic mass is 10.1. The average molecular weight is 527 g/mol. The van der Waals surface area contributed by atoms with Crippen molar-refractivity contribution in [3.05, 3.63) is 51.4 Å². The first-order chi connectivity index (χ1) is 15.0. The third-order valence-electron chi connectivity index (χ3n) is 4.30. The van der Waals surface area contributed by atoms with Crippen molar-refractivity contribution in [3.63, 3.8) is 0 Å². The lowest BCUT2D eigenvalue weighted by Gasteiger charge is -2.48. The summed E-state index contributed by atoms with van der Waals surface area (Å²) in [4.78, 5) is 48.0. The van der Waals surface area contributed by atoms with Gasteiger partial charge in [0.2, 0.25) is 3.79 Å². The lowest BCUT2D eigenvalue weighted by molar-refractivity contribution is -0.384. The summed E-state index contributed by atoms with van der Waals surface area (Å²) >= 11 is 17.6. The van der Waals surface area contributed by atoms with Crippen LogP contribution in [-0.4, -0.2) is 60.5 Å². The number of β-lactam (4-membered cyclic amide) rings is 1. The van der Waals surface area contributed by atoms with Crippen LogP contribution in [0.25, 0.3) is 0 Å². The molecule has 1 aromatic carbocycles. The zero-order valence-corrected chi connectivity index (χ0v) is 18.9. The number of rotatable bonds is 6. The fourth-order valence-corrected chi connectivity index (χ4v) is 4.20. The Balaban J connectivity index is 1.60. The normalized spacial score (nSPS) is 20.2. The largest absolute Gasteiger partial charge is 0.509 e. The number of carbonyl (C=O) groups is 3. The first kappa shape index (κ1) is 24.2. The molecule has 2 N–H and O–H groups in total. The minimum Gasteiger partial charge on any atom is -0.509 e. The molecule has 3 rings (SSSR count). The number of hydrogen-bond donors (Lipinski definition) is 2. The minimum absolute atomic E-state index is 0.00219. The molecule has 11 nitrogen and oxygen atoms in total. The van der Waals surface area contributed by atoms with Gasteiger partial charge in [-0.1, -0.05) is 34.8 Å². The van der Waals surface area contributed by atoms with Crippen LogP contribution in [-0.2, 0) is 25.7 Å². The van der Waals surface area contributed by atoms with Gasteiger partial charge in [0.25, 0.3) is 11.6 Å². The second kappa shape index (κ2) is 9.61. The average Bonchev–Trinajstić information content (AvgIpc) is 2.74. The Morgan fingerprint density at radius 2 is 1.94 bits per heavy atom. The molecule has 1 fully saturated rings. The van der Waals surface area contributed by atoms with Crippen molar-refractivity contribution in [3.8, 4) is 0 Å². The van der Waals surface area contributed by atoms with Crippen molar-refractivity contribution >= 4 is 70.2 Å². The van der Waals surface area contributed by atoms with Gasteiger partial charge in [0.1, 0.15) is 30.4 Å². The Hall–Kier alpha value is -2.41. The highest BCUT2D eigenvalue weighted by atomic mass is 35.6. The van der Waals surface area contributed by atoms with E-state index in [4.69, 9.17) is 44.3 Å². The SMILES string of the molecule is O=C(NC1C(=O)N2C(C(=O)OCc3ccc([N+](=O)[O-])cc3)=C(O)CS[C@H]12)OCC(Cl)(Cl)Cl. The maximum atomic E-state index is 12.5. The molecule has 2 amide bonds. The number of aliphatic hydroxyl groups is 1. The van der Waals surface area contributed by atoms with Crippen molar-refractivity contribution in [1.82, 2.24) is 10.2 Å². The highest BCUT2D eigenvalue weighted by Crippen LogP contribution is 2.40. The molecule has 0 spiro atoms. The molecule has 0 radical (unpaired) electrons. The number of ether oxygens (including phenoxy) is 2. The summed E-state index contributed by atoms with van der Waals surface area (Å²) in [5.74, 6) is -1.98. The summed E-state index contributed by atoms with van der Waals surface area (Å²) in [5.41, 5.74) is 0.00923. The van der Waals surface area contributed by atoms with Crippen LogP contribution in [0, 0.1) is 10.1 Å². The smallest absolute Gasteiger partial charge is 0.408 e. The number of thioether (sulfide) groups is 1. The Bertz CT molecular complexity index is 982. The van der Waals surface area contributed by atoms with E-state index >= 15 is 0 Å². The standard InChI is InChI=1S/C17H14Cl3N3O8S/c18-17(19,20)7-31-16(27)21-11-13(25)22-12(10(24)6-32-14(11)22)15(26)30-5-8-1-3-9(4-2-8)23(28)29/h1-4,11,14,24H,5-7H2,(H,21,27)/t11?,14-/m1/s1. The van der Waals surface area contributed by atoms with Gasteiger partial charge in [0.15, 0.2) is 5.70 Å². The predicted octanol–water partition coefficient (Wildman–Crippen LogP) is 2.79. The van der Waals surface area contributed by atoms with Crippen LogP contribution in [0.5, 0.6) is 0 Å². The number of amides is 2. The van der Waals surface area contributed by atoms with E-state index in [0.29, 0.717) is 5.56 Å². The summed E-state index contributed by atoms with van der Waals surface area (Å²) in [6, 6.07) is 4.32. The number of halogens is 3. The number of benzene rings is 1. The molecular weight excluding hydrogens is 513 g/mol. The van der Waals surface area contributed by atoms with Crippen LogP contribution in [0.1, 0.15) is 5.56 Å². The maximum Gasteiger partial charge on any atom is 0.408 e. The first-order valence-electron chi connectivity index (χ1n) is 8.75. The van der Waals surface area contributed by atoms with Crippen molar-refractivity contribution < 1.29 is 33.9 Å². The summed E-state index contributed by atoms with van der Waals surface area (Å²) in [6.45, 7) is -0.772. The van der Waals surface area contributed by atoms with Gasteiger partial charge in [0, 0.05) is 12.1 Å². The van der Waals surface area contributed by atoms with E-state index < -0.39 is 44.7 Å². The molecule has 0 aromatic heterocycles. The van der Waals surface area contributed by atoms with Crippen molar-refractivity contribution in [2.45, 2.75) is 21.8 Å². The number of non-ortho nitro benzene ring substituents is 1.